The molecule has 80 valence electrons. The van der Waals surface area contributed by atoms with E-state index in [-0.39, 0.29) is 0 Å². The van der Waals surface area contributed by atoms with Gasteiger partial charge in [-0.2, -0.15) is 0 Å². The molecule has 1 aromatic carbocycles. The lowest BCUT2D eigenvalue weighted by atomic mass is 9.96. The summed E-state index contributed by atoms with van der Waals surface area (Å²) in [6.07, 6.45) is 6.69. The fourth-order valence-electron chi connectivity index (χ4n) is 1.91. The molecule has 1 fully saturated rings. The van der Waals surface area contributed by atoms with Crippen molar-refractivity contribution in [3.8, 4) is 0 Å². The third-order valence-corrected chi connectivity index (χ3v) is 3.55. The second-order valence-corrected chi connectivity index (χ2v) is 4.90. The monoisotopic (exact) mass is 219 g/mol. The van der Waals surface area contributed by atoms with E-state index in [0.717, 1.165) is 0 Å². The van der Waals surface area contributed by atoms with E-state index in [9.17, 15) is 0 Å². The molecule has 0 amide bonds. The third kappa shape index (κ3) is 3.71. The largest absolute Gasteiger partial charge is 0.283 e. The standard InChI is InChI=1S/C13H17NS/c1-3-7-12(8-4-1)14-11-15-13-9-5-2-6-10-13/h2,5-6,9-12H,1,3-4,7-8H2. The van der Waals surface area contributed by atoms with Gasteiger partial charge in [-0.25, -0.2) is 0 Å². The third-order valence-electron chi connectivity index (χ3n) is 2.78. The molecule has 0 N–H and O–H groups in total. The van der Waals surface area contributed by atoms with E-state index in [4.69, 9.17) is 0 Å². The molecule has 1 aliphatic carbocycles. The minimum absolute atomic E-state index is 0.593. The molecule has 0 aliphatic heterocycles. The van der Waals surface area contributed by atoms with Crippen LogP contribution in [-0.2, 0) is 0 Å². The minimum atomic E-state index is 0.593. The van der Waals surface area contributed by atoms with Crippen LogP contribution in [0.15, 0.2) is 40.2 Å². The molecule has 15 heavy (non-hydrogen) atoms. The maximum Gasteiger partial charge on any atom is 0.0592 e. The number of rotatable bonds is 3. The predicted octanol–water partition coefficient (Wildman–Crippen LogP) is 4.14. The van der Waals surface area contributed by atoms with E-state index in [1.165, 1.54) is 37.0 Å². The molecule has 1 aromatic rings. The van der Waals surface area contributed by atoms with E-state index >= 15 is 0 Å². The van der Waals surface area contributed by atoms with Crippen LogP contribution in [0.4, 0.5) is 0 Å². The first-order chi connectivity index (χ1) is 7.45. The highest BCUT2D eigenvalue weighted by Crippen LogP contribution is 2.21. The zero-order valence-corrected chi connectivity index (χ0v) is 9.75. The summed E-state index contributed by atoms with van der Waals surface area (Å²) in [7, 11) is 0. The van der Waals surface area contributed by atoms with Gasteiger partial charge in [0.2, 0.25) is 0 Å². The topological polar surface area (TPSA) is 12.4 Å². The molecular formula is C13H17NS. The van der Waals surface area contributed by atoms with Crippen molar-refractivity contribution >= 4 is 17.3 Å². The molecule has 1 nitrogen and oxygen atoms in total. The zero-order chi connectivity index (χ0) is 10.3. The number of hydrogen-bond acceptors (Lipinski definition) is 2. The van der Waals surface area contributed by atoms with Crippen LogP contribution in [0.1, 0.15) is 32.1 Å². The van der Waals surface area contributed by atoms with Gasteiger partial charge in [-0.15, -0.1) is 0 Å². The molecule has 0 heterocycles. The lowest BCUT2D eigenvalue weighted by Crippen LogP contribution is -2.08. The summed E-state index contributed by atoms with van der Waals surface area (Å²) in [5.41, 5.74) is 2.02. The highest BCUT2D eigenvalue weighted by molar-refractivity contribution is 8.12. The fourth-order valence-corrected chi connectivity index (χ4v) is 2.58. The Balaban J connectivity index is 1.79. The molecule has 0 aromatic heterocycles. The fraction of sp³-hybridized carbons (Fsp3) is 0.462. The number of nitrogens with zero attached hydrogens (tertiary/aromatic N) is 1. The molecule has 0 saturated heterocycles. The van der Waals surface area contributed by atoms with Gasteiger partial charge in [-0.1, -0.05) is 49.2 Å². The number of thioether (sulfide) groups is 1. The summed E-state index contributed by atoms with van der Waals surface area (Å²) < 4.78 is 0. The van der Waals surface area contributed by atoms with Crippen LogP contribution in [0, 0.1) is 0 Å². The molecule has 2 heteroatoms. The second-order valence-electron chi connectivity index (χ2n) is 3.98. The van der Waals surface area contributed by atoms with Crippen LogP contribution >= 0.6 is 11.8 Å². The zero-order valence-electron chi connectivity index (χ0n) is 8.93. The summed E-state index contributed by atoms with van der Waals surface area (Å²) in [5, 5.41) is 0. The van der Waals surface area contributed by atoms with Crippen molar-refractivity contribution < 1.29 is 0 Å². The molecule has 0 radical (unpaired) electrons. The molecular weight excluding hydrogens is 202 g/mol. The Hall–Kier alpha value is -0.760. The molecule has 0 unspecified atom stereocenters. The maximum absolute atomic E-state index is 4.62. The Morgan fingerprint density at radius 3 is 2.53 bits per heavy atom. The highest BCUT2D eigenvalue weighted by Gasteiger charge is 2.10. The molecule has 1 saturated carbocycles. The van der Waals surface area contributed by atoms with Crippen molar-refractivity contribution in [1.82, 2.24) is 0 Å². The van der Waals surface area contributed by atoms with E-state index in [1.54, 1.807) is 11.8 Å². The van der Waals surface area contributed by atoms with Crippen LogP contribution < -0.4 is 0 Å². The van der Waals surface area contributed by atoms with Gasteiger partial charge in [0.1, 0.15) is 0 Å². The number of benzene rings is 1. The average Bonchev–Trinajstić information content (AvgIpc) is 2.32. The van der Waals surface area contributed by atoms with Gasteiger partial charge in [0.05, 0.1) is 11.6 Å². The van der Waals surface area contributed by atoms with Gasteiger partial charge in [0.25, 0.3) is 0 Å². The van der Waals surface area contributed by atoms with Gasteiger partial charge in [-0.3, -0.25) is 4.99 Å². The van der Waals surface area contributed by atoms with E-state index in [0.29, 0.717) is 6.04 Å². The van der Waals surface area contributed by atoms with E-state index < -0.39 is 0 Å². The summed E-state index contributed by atoms with van der Waals surface area (Å²) >= 11 is 1.72. The summed E-state index contributed by atoms with van der Waals surface area (Å²) in [4.78, 5) is 5.89. The van der Waals surface area contributed by atoms with E-state index in [2.05, 4.69) is 29.3 Å². The lowest BCUT2D eigenvalue weighted by Gasteiger charge is -2.16. The Kier molecular flexibility index (Phi) is 4.27. The smallest absolute Gasteiger partial charge is 0.0592 e. The summed E-state index contributed by atoms with van der Waals surface area (Å²) in [5.74, 6) is 0. The van der Waals surface area contributed by atoms with Crippen molar-refractivity contribution in [3.05, 3.63) is 30.3 Å². The SMILES string of the molecule is C(=NC1CCCCC1)Sc1ccccc1. The Labute approximate surface area is 96.0 Å². The second kappa shape index (κ2) is 5.96. The number of hydrogen-bond donors (Lipinski definition) is 0. The first-order valence-corrected chi connectivity index (χ1v) is 6.56. The minimum Gasteiger partial charge on any atom is -0.283 e. The van der Waals surface area contributed by atoms with Crippen LogP contribution in [0.25, 0.3) is 0 Å². The van der Waals surface area contributed by atoms with Crippen LogP contribution in [0.2, 0.25) is 0 Å². The Morgan fingerprint density at radius 2 is 1.80 bits per heavy atom. The predicted molar refractivity (Wildman–Crippen MR) is 67.7 cm³/mol. The van der Waals surface area contributed by atoms with Crippen molar-refractivity contribution in [3.63, 3.8) is 0 Å². The average molecular weight is 219 g/mol. The molecule has 0 bridgehead atoms. The van der Waals surface area contributed by atoms with E-state index in [1.807, 2.05) is 11.6 Å². The van der Waals surface area contributed by atoms with Gasteiger partial charge >= 0.3 is 0 Å². The van der Waals surface area contributed by atoms with Gasteiger partial charge in [0.15, 0.2) is 0 Å². The van der Waals surface area contributed by atoms with Crippen LogP contribution in [0.3, 0.4) is 0 Å². The molecule has 1 aliphatic rings. The lowest BCUT2D eigenvalue weighted by molar-refractivity contribution is 0.445. The summed E-state index contributed by atoms with van der Waals surface area (Å²) in [6.45, 7) is 0. The van der Waals surface area contributed by atoms with Crippen molar-refractivity contribution in [2.24, 2.45) is 4.99 Å². The van der Waals surface area contributed by atoms with Gasteiger partial charge in [0, 0.05) is 4.90 Å². The first-order valence-electron chi connectivity index (χ1n) is 5.68. The van der Waals surface area contributed by atoms with Gasteiger partial charge < -0.3 is 0 Å². The quantitative estimate of drug-likeness (QED) is 0.423. The Bertz CT molecular complexity index is 302. The molecule has 2 rings (SSSR count). The van der Waals surface area contributed by atoms with Crippen molar-refractivity contribution in [2.75, 3.05) is 0 Å². The molecule has 0 atom stereocenters. The van der Waals surface area contributed by atoms with Crippen molar-refractivity contribution in [1.29, 1.82) is 0 Å². The van der Waals surface area contributed by atoms with Crippen LogP contribution in [-0.4, -0.2) is 11.6 Å². The Morgan fingerprint density at radius 1 is 1.07 bits per heavy atom. The molecule has 0 spiro atoms. The normalized spacial score (nSPS) is 18.4. The van der Waals surface area contributed by atoms with Gasteiger partial charge in [-0.05, 0) is 25.0 Å². The summed E-state index contributed by atoms with van der Waals surface area (Å²) in [6, 6.07) is 11.0. The highest BCUT2D eigenvalue weighted by atomic mass is 32.2. The number of aliphatic imine (C=N–C) groups is 1. The first kappa shape index (κ1) is 10.7. The maximum atomic E-state index is 4.62. The van der Waals surface area contributed by atoms with Crippen molar-refractivity contribution in [2.45, 2.75) is 43.0 Å². The van der Waals surface area contributed by atoms with Crippen LogP contribution in [0.5, 0.6) is 0 Å².